The highest BCUT2D eigenvalue weighted by atomic mass is 14.7. The van der Waals surface area contributed by atoms with Gasteiger partial charge >= 0.3 is 0 Å². The fourth-order valence-corrected chi connectivity index (χ4v) is 3.32. The van der Waals surface area contributed by atoms with Gasteiger partial charge < -0.3 is 10.7 Å². The molecule has 27 heavy (non-hydrogen) atoms. The molecule has 2 aromatic carbocycles. The standard InChI is InChI=1S/C14H17N.C10H12N2/c1-2-3-4-9-14-10-12-7-5-6-8-13(12)11-15-14;11-6-5-8-7-12-10-4-2-1-3-9(8)10/h5-8,10-11H,2-4,9H2,1H3;1-4,7,12H,5-6,11H2. The molecule has 4 aromatic rings. The van der Waals surface area contributed by atoms with E-state index in [0.717, 1.165) is 12.8 Å². The van der Waals surface area contributed by atoms with Crippen molar-refractivity contribution in [2.75, 3.05) is 6.54 Å². The number of nitrogens with one attached hydrogen (secondary N) is 1. The number of para-hydroxylation sites is 1. The van der Waals surface area contributed by atoms with Crippen molar-refractivity contribution in [1.29, 1.82) is 0 Å². The van der Waals surface area contributed by atoms with Gasteiger partial charge in [-0.1, -0.05) is 62.2 Å². The molecule has 3 heteroatoms. The van der Waals surface area contributed by atoms with Crippen molar-refractivity contribution in [1.82, 2.24) is 9.97 Å². The summed E-state index contributed by atoms with van der Waals surface area (Å²) >= 11 is 0. The molecule has 0 saturated carbocycles. The molecule has 0 aliphatic carbocycles. The Morgan fingerprint density at radius 1 is 0.926 bits per heavy atom. The van der Waals surface area contributed by atoms with E-state index in [1.54, 1.807) is 0 Å². The smallest absolute Gasteiger partial charge is 0.0456 e. The van der Waals surface area contributed by atoms with Gasteiger partial charge in [0.1, 0.15) is 0 Å². The van der Waals surface area contributed by atoms with Gasteiger partial charge in [-0.2, -0.15) is 0 Å². The third-order valence-electron chi connectivity index (χ3n) is 4.81. The first kappa shape index (κ1) is 19.1. The first-order valence-electron chi connectivity index (χ1n) is 9.90. The lowest BCUT2D eigenvalue weighted by molar-refractivity contribution is 0.708. The van der Waals surface area contributed by atoms with Gasteiger partial charge in [0.25, 0.3) is 0 Å². The number of unbranched alkanes of at least 4 members (excludes halogenated alkanes) is 2. The van der Waals surface area contributed by atoms with Crippen LogP contribution in [0, 0.1) is 0 Å². The fraction of sp³-hybridized carbons (Fsp3) is 0.292. The van der Waals surface area contributed by atoms with E-state index in [9.17, 15) is 0 Å². The highest BCUT2D eigenvalue weighted by Gasteiger charge is 2.00. The van der Waals surface area contributed by atoms with Crippen LogP contribution in [0.2, 0.25) is 0 Å². The van der Waals surface area contributed by atoms with Gasteiger partial charge in [-0.15, -0.1) is 0 Å². The number of fused-ring (bicyclic) bond motifs is 2. The summed E-state index contributed by atoms with van der Waals surface area (Å²) in [5.74, 6) is 0. The predicted octanol–water partition coefficient (Wildman–Crippen LogP) is 5.64. The molecule has 3 N–H and O–H groups in total. The molecule has 0 radical (unpaired) electrons. The van der Waals surface area contributed by atoms with Gasteiger partial charge in [-0.3, -0.25) is 4.98 Å². The second-order valence-corrected chi connectivity index (χ2v) is 6.88. The lowest BCUT2D eigenvalue weighted by Crippen LogP contribution is -2.01. The van der Waals surface area contributed by atoms with Crippen LogP contribution in [0.3, 0.4) is 0 Å². The molecule has 0 fully saturated rings. The highest BCUT2D eigenvalue weighted by Crippen LogP contribution is 2.17. The number of rotatable bonds is 6. The Bertz CT molecular complexity index is 971. The van der Waals surface area contributed by atoms with Crippen molar-refractivity contribution in [3.63, 3.8) is 0 Å². The number of hydrogen-bond donors (Lipinski definition) is 2. The summed E-state index contributed by atoms with van der Waals surface area (Å²) in [6.45, 7) is 2.94. The number of H-pyrrole nitrogens is 1. The van der Waals surface area contributed by atoms with Crippen LogP contribution in [0.1, 0.15) is 37.4 Å². The number of benzene rings is 2. The number of pyridine rings is 1. The average Bonchev–Trinajstić information content (AvgIpc) is 3.12. The molecule has 0 amide bonds. The molecule has 140 valence electrons. The topological polar surface area (TPSA) is 54.7 Å². The van der Waals surface area contributed by atoms with E-state index in [1.807, 2.05) is 18.5 Å². The number of hydrogen-bond acceptors (Lipinski definition) is 2. The molecule has 0 saturated heterocycles. The van der Waals surface area contributed by atoms with E-state index in [0.29, 0.717) is 6.54 Å². The Morgan fingerprint density at radius 3 is 2.52 bits per heavy atom. The molecule has 0 aliphatic rings. The van der Waals surface area contributed by atoms with E-state index in [2.05, 4.69) is 65.4 Å². The maximum Gasteiger partial charge on any atom is 0.0456 e. The van der Waals surface area contributed by atoms with Crippen molar-refractivity contribution in [3.05, 3.63) is 78.2 Å². The monoisotopic (exact) mass is 359 g/mol. The SMILES string of the molecule is CCCCCc1cc2ccccc2cn1.NCCc1c[nH]c2ccccc12. The van der Waals surface area contributed by atoms with Crippen LogP contribution in [-0.2, 0) is 12.8 Å². The minimum Gasteiger partial charge on any atom is -0.361 e. The van der Waals surface area contributed by atoms with Crippen LogP contribution in [0.25, 0.3) is 21.7 Å². The zero-order chi connectivity index (χ0) is 18.9. The molecule has 0 atom stereocenters. The lowest BCUT2D eigenvalue weighted by atomic mass is 10.1. The summed E-state index contributed by atoms with van der Waals surface area (Å²) in [4.78, 5) is 7.70. The summed E-state index contributed by atoms with van der Waals surface area (Å²) in [7, 11) is 0. The molecule has 0 bridgehead atoms. The molecule has 4 rings (SSSR count). The summed E-state index contributed by atoms with van der Waals surface area (Å²) in [6, 6.07) is 18.9. The molecular weight excluding hydrogens is 330 g/mol. The van der Waals surface area contributed by atoms with Crippen molar-refractivity contribution in [2.45, 2.75) is 39.0 Å². The summed E-state index contributed by atoms with van der Waals surface area (Å²) in [5.41, 5.74) is 9.23. The van der Waals surface area contributed by atoms with Crippen molar-refractivity contribution < 1.29 is 0 Å². The second-order valence-electron chi connectivity index (χ2n) is 6.88. The minimum absolute atomic E-state index is 0.710. The normalized spacial score (nSPS) is 10.7. The molecule has 0 unspecified atom stereocenters. The van der Waals surface area contributed by atoms with Crippen molar-refractivity contribution >= 4 is 21.7 Å². The largest absolute Gasteiger partial charge is 0.361 e. The van der Waals surface area contributed by atoms with Gasteiger partial charge in [0.15, 0.2) is 0 Å². The Labute approximate surface area is 161 Å². The third kappa shape index (κ3) is 5.18. The molecule has 2 aromatic heterocycles. The second kappa shape index (κ2) is 9.89. The third-order valence-corrected chi connectivity index (χ3v) is 4.81. The van der Waals surface area contributed by atoms with Gasteiger partial charge in [0.05, 0.1) is 0 Å². The van der Waals surface area contributed by atoms with Crippen molar-refractivity contribution in [3.8, 4) is 0 Å². The average molecular weight is 360 g/mol. The summed E-state index contributed by atoms with van der Waals surface area (Å²) < 4.78 is 0. The highest BCUT2D eigenvalue weighted by molar-refractivity contribution is 5.83. The fourth-order valence-electron chi connectivity index (χ4n) is 3.32. The van der Waals surface area contributed by atoms with Gasteiger partial charge in [0, 0.05) is 34.4 Å². The van der Waals surface area contributed by atoms with Crippen LogP contribution >= 0.6 is 0 Å². The van der Waals surface area contributed by atoms with Crippen LogP contribution < -0.4 is 5.73 Å². The Morgan fingerprint density at radius 2 is 1.70 bits per heavy atom. The number of nitrogens with zero attached hydrogens (tertiary/aromatic N) is 1. The summed E-state index contributed by atoms with van der Waals surface area (Å²) in [5, 5.41) is 3.83. The van der Waals surface area contributed by atoms with E-state index in [1.165, 1.54) is 52.2 Å². The van der Waals surface area contributed by atoms with Crippen LogP contribution in [-0.4, -0.2) is 16.5 Å². The number of nitrogens with two attached hydrogens (primary N) is 1. The molecule has 0 aliphatic heterocycles. The minimum atomic E-state index is 0.710. The Hall–Kier alpha value is -2.65. The maximum absolute atomic E-state index is 5.50. The number of aromatic nitrogens is 2. The van der Waals surface area contributed by atoms with E-state index < -0.39 is 0 Å². The zero-order valence-electron chi connectivity index (χ0n) is 16.1. The molecule has 0 spiro atoms. The predicted molar refractivity (Wildman–Crippen MR) is 116 cm³/mol. The first-order chi connectivity index (χ1) is 13.3. The Balaban J connectivity index is 0.000000159. The zero-order valence-corrected chi connectivity index (χ0v) is 16.1. The molecular formula is C24H29N3. The summed E-state index contributed by atoms with van der Waals surface area (Å²) in [6.07, 6.45) is 9.90. The first-order valence-corrected chi connectivity index (χ1v) is 9.90. The molecule has 2 heterocycles. The number of aromatic amines is 1. The Kier molecular flexibility index (Phi) is 7.00. The van der Waals surface area contributed by atoms with Crippen LogP contribution in [0.5, 0.6) is 0 Å². The van der Waals surface area contributed by atoms with Gasteiger partial charge in [-0.25, -0.2) is 0 Å². The number of aryl methyl sites for hydroxylation is 1. The van der Waals surface area contributed by atoms with Crippen LogP contribution in [0.15, 0.2) is 67.0 Å². The van der Waals surface area contributed by atoms with Crippen molar-refractivity contribution in [2.24, 2.45) is 5.73 Å². The maximum atomic E-state index is 5.50. The van der Waals surface area contributed by atoms with Gasteiger partial charge in [-0.05, 0) is 48.9 Å². The van der Waals surface area contributed by atoms with E-state index in [-0.39, 0.29) is 0 Å². The van der Waals surface area contributed by atoms with Gasteiger partial charge in [0.2, 0.25) is 0 Å². The lowest BCUT2D eigenvalue weighted by Gasteiger charge is -2.02. The van der Waals surface area contributed by atoms with Crippen LogP contribution in [0.4, 0.5) is 0 Å². The van der Waals surface area contributed by atoms with E-state index in [4.69, 9.17) is 5.73 Å². The van der Waals surface area contributed by atoms with E-state index >= 15 is 0 Å². The molecule has 3 nitrogen and oxygen atoms in total. The quantitative estimate of drug-likeness (QED) is 0.438.